The van der Waals surface area contributed by atoms with Crippen LogP contribution in [-0.2, 0) is 7.05 Å². The molecule has 1 N–H and O–H groups in total. The molecule has 5 nitrogen and oxygen atoms in total. The van der Waals surface area contributed by atoms with Crippen molar-refractivity contribution in [1.82, 2.24) is 9.55 Å². The normalized spacial score (nSPS) is 10.9. The predicted octanol–water partition coefficient (Wildman–Crippen LogP) is 5.06. The highest BCUT2D eigenvalue weighted by Crippen LogP contribution is 2.35. The second kappa shape index (κ2) is 6.72. The van der Waals surface area contributed by atoms with Gasteiger partial charge in [0.05, 0.1) is 25.4 Å². The van der Waals surface area contributed by atoms with Gasteiger partial charge in [-0.2, -0.15) is 11.3 Å². The molecule has 0 aliphatic carbocycles. The van der Waals surface area contributed by atoms with Crippen molar-refractivity contribution in [2.75, 3.05) is 19.5 Å². The number of hydrogen-bond acceptors (Lipinski definition) is 5. The van der Waals surface area contributed by atoms with E-state index >= 15 is 0 Å². The van der Waals surface area contributed by atoms with E-state index in [0.717, 1.165) is 28.2 Å². The van der Waals surface area contributed by atoms with Gasteiger partial charge in [0.1, 0.15) is 17.3 Å². The van der Waals surface area contributed by atoms with Crippen LogP contribution in [0.2, 0.25) is 0 Å². The highest BCUT2D eigenvalue weighted by atomic mass is 32.1. The summed E-state index contributed by atoms with van der Waals surface area (Å²) < 4.78 is 12.9. The Morgan fingerprint density at radius 1 is 1.08 bits per heavy atom. The maximum Gasteiger partial charge on any atom is 0.146 e. The lowest BCUT2D eigenvalue weighted by molar-refractivity contribution is 0.395. The fourth-order valence-corrected chi connectivity index (χ4v) is 3.73. The van der Waals surface area contributed by atoms with Crippen molar-refractivity contribution in [3.05, 3.63) is 53.4 Å². The van der Waals surface area contributed by atoms with Gasteiger partial charge in [-0.25, -0.2) is 4.98 Å². The van der Waals surface area contributed by atoms with Crippen LogP contribution in [-0.4, -0.2) is 23.8 Å². The molecule has 132 valence electrons. The Bertz CT molecular complexity index is 1050. The lowest BCUT2D eigenvalue weighted by atomic mass is 10.2. The number of aryl methyl sites for hydroxylation is 1. The minimum absolute atomic E-state index is 0.706. The summed E-state index contributed by atoms with van der Waals surface area (Å²) in [5, 5.41) is 8.71. The molecule has 0 fully saturated rings. The van der Waals surface area contributed by atoms with E-state index in [0.29, 0.717) is 5.75 Å². The molecule has 4 aromatic rings. The highest BCUT2D eigenvalue weighted by molar-refractivity contribution is 7.08. The summed E-state index contributed by atoms with van der Waals surface area (Å²) in [6, 6.07) is 12.0. The number of anilines is 2. The zero-order chi connectivity index (χ0) is 18.1. The number of nitrogens with zero attached hydrogens (tertiary/aromatic N) is 2. The monoisotopic (exact) mass is 365 g/mol. The number of methoxy groups -OCH3 is 2. The quantitative estimate of drug-likeness (QED) is 0.537. The molecule has 26 heavy (non-hydrogen) atoms. The summed E-state index contributed by atoms with van der Waals surface area (Å²) in [7, 11) is 5.36. The van der Waals surface area contributed by atoms with E-state index in [1.165, 1.54) is 11.3 Å². The SMILES string of the molecule is COc1ccc(Nc2nccc3c2cc(-c2ccsc2)n3C)c(OC)c1. The fraction of sp³-hybridized carbons (Fsp3) is 0.150. The number of ether oxygens (including phenoxy) is 2. The van der Waals surface area contributed by atoms with Crippen LogP contribution in [0, 0.1) is 0 Å². The molecular weight excluding hydrogens is 346 g/mol. The van der Waals surface area contributed by atoms with E-state index in [-0.39, 0.29) is 0 Å². The fourth-order valence-electron chi connectivity index (χ4n) is 3.08. The van der Waals surface area contributed by atoms with Crippen molar-refractivity contribution in [3.8, 4) is 22.8 Å². The van der Waals surface area contributed by atoms with Crippen molar-refractivity contribution < 1.29 is 9.47 Å². The molecule has 0 saturated carbocycles. The molecule has 0 saturated heterocycles. The molecule has 0 spiro atoms. The second-order valence-corrected chi connectivity index (χ2v) is 6.66. The smallest absolute Gasteiger partial charge is 0.146 e. The Hall–Kier alpha value is -2.99. The van der Waals surface area contributed by atoms with Crippen molar-refractivity contribution in [2.45, 2.75) is 0 Å². The lowest BCUT2D eigenvalue weighted by Crippen LogP contribution is -1.98. The van der Waals surface area contributed by atoms with Gasteiger partial charge in [0, 0.05) is 41.3 Å². The Kier molecular flexibility index (Phi) is 4.26. The van der Waals surface area contributed by atoms with Gasteiger partial charge in [-0.3, -0.25) is 0 Å². The summed E-state index contributed by atoms with van der Waals surface area (Å²) in [5.74, 6) is 2.25. The van der Waals surface area contributed by atoms with Gasteiger partial charge >= 0.3 is 0 Å². The minimum atomic E-state index is 0.706. The lowest BCUT2D eigenvalue weighted by Gasteiger charge is -2.12. The summed E-state index contributed by atoms with van der Waals surface area (Å²) >= 11 is 1.70. The molecular formula is C20H19N3O2S. The molecule has 0 atom stereocenters. The Labute approximate surface area is 155 Å². The standard InChI is InChI=1S/C20H19N3O2S/c1-23-17-6-8-21-20(15(17)11-18(23)13-7-9-26-12-13)22-16-5-4-14(24-2)10-19(16)25-3/h4-12H,1-3H3,(H,21,22). The first-order valence-corrected chi connectivity index (χ1v) is 9.11. The topological polar surface area (TPSA) is 48.3 Å². The van der Waals surface area contributed by atoms with Crippen LogP contribution in [0.25, 0.3) is 22.2 Å². The summed E-state index contributed by atoms with van der Waals surface area (Å²) in [6.45, 7) is 0. The minimum Gasteiger partial charge on any atom is -0.497 e. The van der Waals surface area contributed by atoms with Crippen molar-refractivity contribution in [1.29, 1.82) is 0 Å². The third kappa shape index (κ3) is 2.78. The van der Waals surface area contributed by atoms with Gasteiger partial charge < -0.3 is 19.4 Å². The molecule has 3 aromatic heterocycles. The Balaban J connectivity index is 1.79. The molecule has 0 aliphatic rings. The van der Waals surface area contributed by atoms with E-state index < -0.39 is 0 Å². The maximum absolute atomic E-state index is 5.49. The largest absolute Gasteiger partial charge is 0.497 e. The number of pyridine rings is 1. The van der Waals surface area contributed by atoms with Crippen LogP contribution in [0.5, 0.6) is 11.5 Å². The number of fused-ring (bicyclic) bond motifs is 1. The van der Waals surface area contributed by atoms with E-state index in [1.807, 2.05) is 30.5 Å². The molecule has 0 bridgehead atoms. The molecule has 4 rings (SSSR count). The zero-order valence-electron chi connectivity index (χ0n) is 14.8. The number of nitrogens with one attached hydrogen (secondary N) is 1. The first-order chi connectivity index (χ1) is 12.7. The zero-order valence-corrected chi connectivity index (χ0v) is 15.6. The summed E-state index contributed by atoms with van der Waals surface area (Å²) in [6.07, 6.45) is 1.82. The van der Waals surface area contributed by atoms with Gasteiger partial charge in [-0.15, -0.1) is 0 Å². The third-order valence-electron chi connectivity index (χ3n) is 4.45. The van der Waals surface area contributed by atoms with Crippen molar-refractivity contribution in [3.63, 3.8) is 0 Å². The first kappa shape index (κ1) is 16.5. The second-order valence-electron chi connectivity index (χ2n) is 5.88. The van der Waals surface area contributed by atoms with Crippen LogP contribution >= 0.6 is 11.3 Å². The van der Waals surface area contributed by atoms with Gasteiger partial charge in [0.2, 0.25) is 0 Å². The third-order valence-corrected chi connectivity index (χ3v) is 5.13. The number of aromatic nitrogens is 2. The van der Waals surface area contributed by atoms with Gasteiger partial charge in [-0.1, -0.05) is 0 Å². The van der Waals surface area contributed by atoms with Gasteiger partial charge in [0.15, 0.2) is 0 Å². The summed E-state index contributed by atoms with van der Waals surface area (Å²) in [5.41, 5.74) is 4.34. The van der Waals surface area contributed by atoms with Gasteiger partial charge in [-0.05, 0) is 35.7 Å². The number of rotatable bonds is 5. The predicted molar refractivity (Wildman–Crippen MR) is 107 cm³/mol. The number of hydrogen-bond donors (Lipinski definition) is 1. The maximum atomic E-state index is 5.49. The molecule has 0 unspecified atom stereocenters. The highest BCUT2D eigenvalue weighted by Gasteiger charge is 2.14. The average Bonchev–Trinajstić information content (AvgIpc) is 3.31. The molecule has 0 amide bonds. The van der Waals surface area contributed by atoms with Crippen LogP contribution in [0.4, 0.5) is 11.5 Å². The van der Waals surface area contributed by atoms with Crippen molar-refractivity contribution in [2.24, 2.45) is 7.05 Å². The van der Waals surface area contributed by atoms with E-state index in [9.17, 15) is 0 Å². The summed E-state index contributed by atoms with van der Waals surface area (Å²) in [4.78, 5) is 4.55. The van der Waals surface area contributed by atoms with Gasteiger partial charge in [0.25, 0.3) is 0 Å². The van der Waals surface area contributed by atoms with Crippen LogP contribution in [0.1, 0.15) is 0 Å². The van der Waals surface area contributed by atoms with Crippen LogP contribution in [0.15, 0.2) is 53.4 Å². The van der Waals surface area contributed by atoms with E-state index in [4.69, 9.17) is 9.47 Å². The Morgan fingerprint density at radius 2 is 1.96 bits per heavy atom. The number of benzene rings is 1. The van der Waals surface area contributed by atoms with Crippen molar-refractivity contribution >= 4 is 33.7 Å². The van der Waals surface area contributed by atoms with Crippen LogP contribution in [0.3, 0.4) is 0 Å². The van der Waals surface area contributed by atoms with Crippen LogP contribution < -0.4 is 14.8 Å². The molecule has 1 aromatic carbocycles. The van der Waals surface area contributed by atoms with E-state index in [2.05, 4.69) is 44.8 Å². The first-order valence-electron chi connectivity index (χ1n) is 8.17. The molecule has 6 heteroatoms. The molecule has 0 aliphatic heterocycles. The van der Waals surface area contributed by atoms with E-state index in [1.54, 1.807) is 25.6 Å². The number of thiophene rings is 1. The molecule has 3 heterocycles. The molecule has 0 radical (unpaired) electrons. The Morgan fingerprint density at radius 3 is 2.69 bits per heavy atom. The average molecular weight is 365 g/mol.